The SMILES string of the molecule is C=C[C@@H](CC(=C)C)[C@H](NC(=O)OCc1ccccc1)C(=O)OCC. The van der Waals surface area contributed by atoms with Gasteiger partial charge in [-0.1, -0.05) is 42.0 Å². The number of nitrogens with one attached hydrogen (secondary N) is 1. The number of alkyl carbamates (subject to hydrolysis) is 1. The minimum absolute atomic E-state index is 0.126. The van der Waals surface area contributed by atoms with Crippen molar-refractivity contribution in [2.45, 2.75) is 32.9 Å². The van der Waals surface area contributed by atoms with Crippen molar-refractivity contribution >= 4 is 12.1 Å². The van der Waals surface area contributed by atoms with Gasteiger partial charge in [-0.25, -0.2) is 9.59 Å². The van der Waals surface area contributed by atoms with Crippen LogP contribution in [0.5, 0.6) is 0 Å². The molecule has 0 unspecified atom stereocenters. The predicted molar refractivity (Wildman–Crippen MR) is 93.3 cm³/mol. The number of amides is 1. The molecule has 0 saturated heterocycles. The molecule has 1 rings (SSSR count). The summed E-state index contributed by atoms with van der Waals surface area (Å²) in [5.74, 6) is -0.828. The van der Waals surface area contributed by atoms with Crippen molar-refractivity contribution in [3.63, 3.8) is 0 Å². The largest absolute Gasteiger partial charge is 0.464 e. The number of carbonyl (C=O) groups is 2. The van der Waals surface area contributed by atoms with Gasteiger partial charge in [0.25, 0.3) is 0 Å². The maximum Gasteiger partial charge on any atom is 0.408 e. The maximum absolute atomic E-state index is 12.2. The lowest BCUT2D eigenvalue weighted by molar-refractivity contribution is -0.146. The van der Waals surface area contributed by atoms with Crippen LogP contribution in [0.25, 0.3) is 0 Å². The third kappa shape index (κ3) is 6.69. The van der Waals surface area contributed by atoms with E-state index in [1.54, 1.807) is 13.0 Å². The Morgan fingerprint density at radius 3 is 2.46 bits per heavy atom. The Kier molecular flexibility index (Phi) is 8.33. The van der Waals surface area contributed by atoms with Gasteiger partial charge in [0.2, 0.25) is 0 Å². The van der Waals surface area contributed by atoms with Crippen LogP contribution in [0.3, 0.4) is 0 Å². The molecule has 0 aliphatic carbocycles. The summed E-state index contributed by atoms with van der Waals surface area (Å²) in [4.78, 5) is 24.2. The van der Waals surface area contributed by atoms with E-state index in [9.17, 15) is 9.59 Å². The summed E-state index contributed by atoms with van der Waals surface area (Å²) in [7, 11) is 0. The molecule has 0 aromatic heterocycles. The van der Waals surface area contributed by atoms with Gasteiger partial charge in [-0.15, -0.1) is 13.2 Å². The van der Waals surface area contributed by atoms with Crippen LogP contribution in [0.1, 0.15) is 25.8 Å². The molecule has 0 heterocycles. The minimum Gasteiger partial charge on any atom is -0.464 e. The Hall–Kier alpha value is -2.56. The number of carbonyl (C=O) groups excluding carboxylic acids is 2. The van der Waals surface area contributed by atoms with Crippen molar-refractivity contribution in [1.29, 1.82) is 0 Å². The molecule has 1 aromatic carbocycles. The van der Waals surface area contributed by atoms with Crippen molar-refractivity contribution in [3.8, 4) is 0 Å². The Balaban J connectivity index is 2.71. The van der Waals surface area contributed by atoms with Crippen LogP contribution in [-0.2, 0) is 20.9 Å². The van der Waals surface area contributed by atoms with Gasteiger partial charge in [-0.3, -0.25) is 0 Å². The van der Waals surface area contributed by atoms with Gasteiger partial charge in [0.15, 0.2) is 0 Å². The third-order valence-electron chi connectivity index (χ3n) is 3.34. The molecular weight excluding hydrogens is 306 g/mol. The summed E-state index contributed by atoms with van der Waals surface area (Å²) >= 11 is 0. The minimum atomic E-state index is -0.859. The van der Waals surface area contributed by atoms with Crippen LogP contribution in [0.15, 0.2) is 55.1 Å². The monoisotopic (exact) mass is 331 g/mol. The molecule has 0 fully saturated rings. The molecule has 5 nitrogen and oxygen atoms in total. The average Bonchev–Trinajstić information content (AvgIpc) is 2.57. The molecule has 0 aliphatic heterocycles. The molecular formula is C19H25NO4. The van der Waals surface area contributed by atoms with E-state index in [2.05, 4.69) is 18.5 Å². The molecule has 0 radical (unpaired) electrons. The Morgan fingerprint density at radius 1 is 1.25 bits per heavy atom. The fourth-order valence-electron chi connectivity index (χ4n) is 2.20. The van der Waals surface area contributed by atoms with Crippen LogP contribution in [0, 0.1) is 5.92 Å². The first-order valence-electron chi connectivity index (χ1n) is 7.88. The van der Waals surface area contributed by atoms with Gasteiger partial charge in [-0.05, 0) is 25.8 Å². The van der Waals surface area contributed by atoms with Gasteiger partial charge in [0.1, 0.15) is 12.6 Å². The third-order valence-corrected chi connectivity index (χ3v) is 3.34. The van der Waals surface area contributed by atoms with Crippen molar-refractivity contribution in [1.82, 2.24) is 5.32 Å². The van der Waals surface area contributed by atoms with E-state index in [4.69, 9.17) is 9.47 Å². The topological polar surface area (TPSA) is 64.6 Å². The smallest absolute Gasteiger partial charge is 0.408 e. The molecule has 0 bridgehead atoms. The van der Waals surface area contributed by atoms with Crippen LogP contribution in [0.4, 0.5) is 4.79 Å². The lowest BCUT2D eigenvalue weighted by Crippen LogP contribution is -2.46. The van der Waals surface area contributed by atoms with Crippen LogP contribution in [-0.4, -0.2) is 24.7 Å². The lowest BCUT2D eigenvalue weighted by atomic mass is 9.93. The second-order valence-electron chi connectivity index (χ2n) is 5.50. The fraction of sp³-hybridized carbons (Fsp3) is 0.368. The number of hydrogen-bond acceptors (Lipinski definition) is 4. The quantitative estimate of drug-likeness (QED) is 0.554. The highest BCUT2D eigenvalue weighted by Gasteiger charge is 2.29. The van der Waals surface area contributed by atoms with E-state index in [0.29, 0.717) is 6.42 Å². The molecule has 0 saturated carbocycles. The first kappa shape index (κ1) is 19.5. The number of esters is 1. The molecule has 0 spiro atoms. The molecule has 5 heteroatoms. The Morgan fingerprint density at radius 2 is 1.92 bits per heavy atom. The summed E-state index contributed by atoms with van der Waals surface area (Å²) in [6.07, 6.45) is 1.46. The molecule has 130 valence electrons. The van der Waals surface area contributed by atoms with E-state index in [0.717, 1.165) is 11.1 Å². The van der Waals surface area contributed by atoms with Gasteiger partial charge in [0.05, 0.1) is 6.61 Å². The second-order valence-corrected chi connectivity index (χ2v) is 5.50. The number of benzene rings is 1. The van der Waals surface area contributed by atoms with Crippen molar-refractivity contribution < 1.29 is 19.1 Å². The first-order valence-corrected chi connectivity index (χ1v) is 7.88. The van der Waals surface area contributed by atoms with Gasteiger partial charge >= 0.3 is 12.1 Å². The highest BCUT2D eigenvalue weighted by Crippen LogP contribution is 2.17. The standard InChI is InChI=1S/C19H25NO4/c1-5-16(12-14(3)4)17(18(21)23-6-2)20-19(22)24-13-15-10-8-7-9-11-15/h5,7-11,16-17H,1,3,6,12-13H2,2,4H3,(H,20,22)/t16-,17-/m0/s1. The molecule has 0 aliphatic rings. The van der Waals surface area contributed by atoms with Gasteiger partial charge in [0, 0.05) is 5.92 Å². The normalized spacial score (nSPS) is 12.6. The number of ether oxygens (including phenoxy) is 2. The summed E-state index contributed by atoms with van der Waals surface area (Å²) in [5, 5.41) is 2.58. The second kappa shape index (κ2) is 10.3. The highest BCUT2D eigenvalue weighted by molar-refractivity contribution is 5.82. The maximum atomic E-state index is 12.2. The Labute approximate surface area is 143 Å². The number of allylic oxidation sites excluding steroid dienone is 1. The Bertz CT molecular complexity index is 568. The van der Waals surface area contributed by atoms with Crippen LogP contribution < -0.4 is 5.32 Å². The summed E-state index contributed by atoms with van der Waals surface area (Å²) in [6.45, 7) is 11.5. The highest BCUT2D eigenvalue weighted by atomic mass is 16.6. The zero-order valence-electron chi connectivity index (χ0n) is 14.3. The van der Waals surface area contributed by atoms with Crippen molar-refractivity contribution in [2.24, 2.45) is 5.92 Å². The molecule has 2 atom stereocenters. The number of rotatable bonds is 9. The molecule has 1 N–H and O–H groups in total. The van der Waals surface area contributed by atoms with Crippen molar-refractivity contribution in [2.75, 3.05) is 6.61 Å². The number of hydrogen-bond donors (Lipinski definition) is 1. The molecule has 1 amide bonds. The summed E-state index contributed by atoms with van der Waals surface area (Å²) in [6, 6.07) is 8.44. The molecule has 1 aromatic rings. The van der Waals surface area contributed by atoms with Gasteiger partial charge in [-0.2, -0.15) is 0 Å². The van der Waals surface area contributed by atoms with Gasteiger partial charge < -0.3 is 14.8 Å². The predicted octanol–water partition coefficient (Wildman–Crippen LogP) is 3.61. The van der Waals surface area contributed by atoms with Crippen LogP contribution >= 0.6 is 0 Å². The lowest BCUT2D eigenvalue weighted by Gasteiger charge is -2.24. The summed E-state index contributed by atoms with van der Waals surface area (Å²) < 4.78 is 10.2. The van der Waals surface area contributed by atoms with Crippen LogP contribution in [0.2, 0.25) is 0 Å². The average molecular weight is 331 g/mol. The van der Waals surface area contributed by atoms with Crippen molar-refractivity contribution in [3.05, 3.63) is 60.7 Å². The zero-order chi connectivity index (χ0) is 17.9. The van der Waals surface area contributed by atoms with E-state index < -0.39 is 18.1 Å². The summed E-state index contributed by atoms with van der Waals surface area (Å²) in [5.41, 5.74) is 1.75. The van der Waals surface area contributed by atoms with E-state index in [1.807, 2.05) is 37.3 Å². The first-order chi connectivity index (χ1) is 11.5. The van der Waals surface area contributed by atoms with E-state index in [1.165, 1.54) is 0 Å². The fourth-order valence-corrected chi connectivity index (χ4v) is 2.20. The van der Waals surface area contributed by atoms with E-state index >= 15 is 0 Å². The molecule has 24 heavy (non-hydrogen) atoms. The zero-order valence-corrected chi connectivity index (χ0v) is 14.3. The van der Waals surface area contributed by atoms with E-state index in [-0.39, 0.29) is 19.1 Å².